The van der Waals surface area contributed by atoms with Crippen LogP contribution in [-0.4, -0.2) is 23.9 Å². The number of carbonyl (C=O) groups excluding carboxylic acids is 4. The number of carboxylic acids is 4. The fourth-order valence-electron chi connectivity index (χ4n) is 8.37. The molecular weight excluding hydrogens is 1050 g/mol. The number of hydrogen-bond donors (Lipinski definition) is 0. The first-order valence-corrected chi connectivity index (χ1v) is 21.4. The summed E-state index contributed by atoms with van der Waals surface area (Å²) in [5.41, 5.74) is 7.54. The smallest absolute Gasteiger partial charge is 0.131 e. The van der Waals surface area contributed by atoms with Crippen molar-refractivity contribution in [2.24, 2.45) is 0 Å². The van der Waals surface area contributed by atoms with Crippen LogP contribution >= 0.6 is 0 Å². The quantitative estimate of drug-likeness (QED) is 0.176. The molecule has 8 aromatic carbocycles. The van der Waals surface area contributed by atoms with Crippen LogP contribution in [-0.2, 0) is 46.7 Å². The molecule has 0 unspecified atom stereocenters. The van der Waals surface area contributed by atoms with Gasteiger partial charge in [-0.2, -0.15) is 0 Å². The maximum Gasteiger partial charge on any atom is 0.131 e. The van der Waals surface area contributed by atoms with E-state index in [0.717, 1.165) is 45.3 Å². The zero-order valence-electron chi connectivity index (χ0n) is 36.3. The molecule has 0 fully saturated rings. The first-order valence-electron chi connectivity index (χ1n) is 21.4. The number of carboxylic acid groups (broad SMARTS) is 4. The molecule has 12 nitrogen and oxygen atoms in total. The minimum absolute atomic E-state index is 0. The third kappa shape index (κ3) is 10.1. The maximum atomic E-state index is 11.0. The van der Waals surface area contributed by atoms with Crippen molar-refractivity contribution < 1.29 is 79.6 Å². The van der Waals surface area contributed by atoms with Gasteiger partial charge in [0.1, 0.15) is 46.0 Å². The van der Waals surface area contributed by atoms with E-state index >= 15 is 0 Å². The van der Waals surface area contributed by atoms with Crippen LogP contribution in [0.3, 0.4) is 0 Å². The Morgan fingerprint density at radius 2 is 0.464 bits per heavy atom. The number of para-hydroxylation sites is 4. The van der Waals surface area contributed by atoms with E-state index in [1.165, 1.54) is 0 Å². The Kier molecular flexibility index (Phi) is 14.0. The maximum absolute atomic E-state index is 11.0. The minimum Gasteiger partial charge on any atom is -0.545 e. The number of hydrogen-bond acceptors (Lipinski definition) is 12. The van der Waals surface area contributed by atoms with E-state index in [1.807, 2.05) is 97.1 Å². The van der Waals surface area contributed by atoms with E-state index in [2.05, 4.69) is 0 Å². The molecule has 0 bridgehead atoms. The Hall–Kier alpha value is -8.47. The van der Waals surface area contributed by atoms with E-state index in [9.17, 15) is 39.6 Å². The summed E-state index contributed by atoms with van der Waals surface area (Å²) in [7, 11) is 0. The monoisotopic (exact) mass is 1080 g/mol. The summed E-state index contributed by atoms with van der Waals surface area (Å²) in [6.45, 7) is 0. The minimum atomic E-state index is -1.16. The number of rotatable bonds is 4. The Labute approximate surface area is 409 Å². The van der Waals surface area contributed by atoms with Gasteiger partial charge < -0.3 is 58.6 Å². The fraction of sp³-hybridized carbons (Fsp3) is 0.0714. The molecule has 4 heterocycles. The molecule has 4 aliphatic rings. The van der Waals surface area contributed by atoms with Crippen molar-refractivity contribution in [2.75, 3.05) is 0 Å². The van der Waals surface area contributed by atoms with E-state index in [-0.39, 0.29) is 43.3 Å². The summed E-state index contributed by atoms with van der Waals surface area (Å²) in [5.74, 6) is 0.910. The van der Waals surface area contributed by atoms with Crippen LogP contribution in [0.2, 0.25) is 0 Å². The van der Waals surface area contributed by atoms with Gasteiger partial charge in [0, 0.05) is 91.3 Å². The van der Waals surface area contributed by atoms with Crippen LogP contribution in [0.15, 0.2) is 170 Å². The molecule has 0 radical (unpaired) electrons. The molecule has 12 rings (SSSR count). The molecule has 0 aromatic heterocycles. The molecule has 0 amide bonds. The number of carbonyl (C=O) groups is 4. The topological polar surface area (TPSA) is 197 Å². The average molecular weight is 1080 g/mol. The second-order valence-corrected chi connectivity index (χ2v) is 15.8. The summed E-state index contributed by atoms with van der Waals surface area (Å²) < 4.78 is 22.7. The Balaban J connectivity index is 0.000000123. The van der Waals surface area contributed by atoms with Crippen molar-refractivity contribution in [1.29, 1.82) is 0 Å². The molecule has 0 aliphatic carbocycles. The molecule has 8 aromatic rings. The number of benzene rings is 8. The number of fused-ring (bicyclic) bond motifs is 8. The van der Waals surface area contributed by atoms with Gasteiger partial charge in [0.25, 0.3) is 0 Å². The summed E-state index contributed by atoms with van der Waals surface area (Å²) in [5, 5.41) is 44.1. The second kappa shape index (κ2) is 20.6. The van der Waals surface area contributed by atoms with E-state index in [1.54, 1.807) is 72.8 Å². The van der Waals surface area contributed by atoms with Crippen LogP contribution in [0, 0.1) is 0 Å². The van der Waals surface area contributed by atoms with Crippen LogP contribution < -0.4 is 39.4 Å². The third-order valence-electron chi connectivity index (χ3n) is 11.7. The van der Waals surface area contributed by atoms with Gasteiger partial charge in [-0.05, 0) is 70.8 Å². The molecule has 13 heteroatoms. The predicted molar refractivity (Wildman–Crippen MR) is 240 cm³/mol. The summed E-state index contributed by atoms with van der Waals surface area (Å²) >= 11 is 0. The first kappa shape index (κ1) is 47.0. The van der Waals surface area contributed by atoms with Crippen LogP contribution in [0.4, 0.5) is 0 Å². The van der Waals surface area contributed by atoms with Gasteiger partial charge in [-0.25, -0.2) is 0 Å². The molecule has 0 saturated heterocycles. The van der Waals surface area contributed by atoms with Crippen molar-refractivity contribution >= 4 is 23.9 Å². The third-order valence-corrected chi connectivity index (χ3v) is 11.7. The van der Waals surface area contributed by atoms with E-state index in [4.69, 9.17) is 18.9 Å². The van der Waals surface area contributed by atoms with E-state index in [0.29, 0.717) is 70.9 Å². The zero-order valence-corrected chi connectivity index (χ0v) is 39.2. The fourth-order valence-corrected chi connectivity index (χ4v) is 8.37. The number of aromatic carboxylic acids is 4. The second-order valence-electron chi connectivity index (χ2n) is 15.8. The van der Waals surface area contributed by atoms with Gasteiger partial charge in [0.2, 0.25) is 0 Å². The van der Waals surface area contributed by atoms with Crippen molar-refractivity contribution in [3.05, 3.63) is 237 Å². The molecule has 0 spiro atoms. The van der Waals surface area contributed by atoms with Gasteiger partial charge in [-0.1, -0.05) is 121 Å². The van der Waals surface area contributed by atoms with Gasteiger partial charge in [0.05, 0.1) is 23.9 Å². The van der Waals surface area contributed by atoms with Crippen molar-refractivity contribution in [3.8, 4) is 46.0 Å². The molecule has 0 N–H and O–H groups in total. The van der Waals surface area contributed by atoms with Crippen molar-refractivity contribution in [1.82, 2.24) is 0 Å². The standard InChI is InChI=1S/4C14H10O3.W/c4*15-14(16)10-5-3-7-13-11(10)8-9-4-1-2-6-12(9)17-13;/h4*1-7H,8H2,(H,15,16);/p-4. The van der Waals surface area contributed by atoms with Crippen LogP contribution in [0.1, 0.15) is 85.9 Å². The van der Waals surface area contributed by atoms with Crippen molar-refractivity contribution in [2.45, 2.75) is 25.7 Å². The predicted octanol–water partition coefficient (Wildman–Crippen LogP) is 6.98. The molecule has 0 saturated carbocycles. The largest absolute Gasteiger partial charge is 0.545 e. The van der Waals surface area contributed by atoms with Crippen LogP contribution in [0.25, 0.3) is 0 Å². The van der Waals surface area contributed by atoms with Gasteiger partial charge in [0.15, 0.2) is 0 Å². The Morgan fingerprint density at radius 1 is 0.275 bits per heavy atom. The van der Waals surface area contributed by atoms with Crippen molar-refractivity contribution in [3.63, 3.8) is 0 Å². The van der Waals surface area contributed by atoms with E-state index < -0.39 is 23.9 Å². The average Bonchev–Trinajstić information content (AvgIpc) is 3.35. The van der Waals surface area contributed by atoms with Gasteiger partial charge in [-0.15, -0.1) is 0 Å². The summed E-state index contributed by atoms with van der Waals surface area (Å²) in [4.78, 5) is 44.1. The molecule has 69 heavy (non-hydrogen) atoms. The molecule has 0 atom stereocenters. The molecule has 342 valence electrons. The van der Waals surface area contributed by atoms with Crippen LogP contribution in [0.5, 0.6) is 46.0 Å². The summed E-state index contributed by atoms with van der Waals surface area (Å²) in [6, 6.07) is 50.4. The normalized spacial score (nSPS) is 12.1. The molecular formula is C56H36O12W-4. The Morgan fingerprint density at radius 3 is 0.667 bits per heavy atom. The summed E-state index contributed by atoms with van der Waals surface area (Å²) in [6.07, 6.45) is 2.26. The van der Waals surface area contributed by atoms with Gasteiger partial charge in [-0.3, -0.25) is 0 Å². The zero-order chi connectivity index (χ0) is 47.3. The van der Waals surface area contributed by atoms with Gasteiger partial charge >= 0.3 is 0 Å². The first-order chi connectivity index (χ1) is 33.0. The number of ether oxygens (including phenoxy) is 4. The molecule has 4 aliphatic heterocycles. The Bertz CT molecular complexity index is 2850. The SMILES string of the molecule is O=C([O-])c1cccc2c1Cc1ccccc1O2.O=C([O-])c1cccc2c1Cc1ccccc1O2.O=C([O-])c1cccc2c1Cc1ccccc1O2.O=C([O-])c1cccc2c1Cc1ccccc1O2.[W].